The van der Waals surface area contributed by atoms with Crippen molar-refractivity contribution in [2.24, 2.45) is 5.92 Å². The number of nitriles is 1. The summed E-state index contributed by atoms with van der Waals surface area (Å²) in [5, 5.41) is 11.6. The van der Waals surface area contributed by atoms with Gasteiger partial charge in [0.1, 0.15) is 18.0 Å². The van der Waals surface area contributed by atoms with E-state index in [9.17, 15) is 14.9 Å². The summed E-state index contributed by atoms with van der Waals surface area (Å²) in [7, 11) is 0. The molecule has 0 radical (unpaired) electrons. The predicted octanol–water partition coefficient (Wildman–Crippen LogP) is 4.05. The van der Waals surface area contributed by atoms with Crippen molar-refractivity contribution in [3.63, 3.8) is 0 Å². The summed E-state index contributed by atoms with van der Waals surface area (Å²) in [5.41, 5.74) is 1.43. The topological polar surface area (TPSA) is 85.0 Å². The van der Waals surface area contributed by atoms with E-state index < -0.39 is 0 Å². The Bertz CT molecular complexity index is 1170. The number of ether oxygens (including phenoxy) is 1. The monoisotopic (exact) mass is 405 g/mol. The Morgan fingerprint density at radius 3 is 2.86 bits per heavy atom. The molecule has 1 aliphatic rings. The number of esters is 1. The first kappa shape index (κ1) is 19.1. The zero-order valence-corrected chi connectivity index (χ0v) is 16.5. The minimum atomic E-state index is -0.289. The minimum absolute atomic E-state index is 0.121. The largest absolute Gasteiger partial charge is 0.457 e. The fourth-order valence-corrected chi connectivity index (χ4v) is 4.46. The van der Waals surface area contributed by atoms with Crippen LogP contribution in [0.2, 0.25) is 0 Å². The highest BCUT2D eigenvalue weighted by molar-refractivity contribution is 7.17. The lowest BCUT2D eigenvalue weighted by molar-refractivity contribution is -0.150. The zero-order valence-electron chi connectivity index (χ0n) is 15.7. The molecule has 2 heterocycles. The Labute approximate surface area is 171 Å². The van der Waals surface area contributed by atoms with Crippen LogP contribution in [0.5, 0.6) is 0 Å². The molecule has 0 amide bonds. The maximum atomic E-state index is 13.2. The van der Waals surface area contributed by atoms with E-state index in [0.29, 0.717) is 22.5 Å². The maximum absolute atomic E-state index is 13.2. The Kier molecular flexibility index (Phi) is 5.54. The van der Waals surface area contributed by atoms with Crippen LogP contribution in [0.4, 0.5) is 0 Å². The van der Waals surface area contributed by atoms with Crippen LogP contribution in [0, 0.1) is 17.2 Å². The first-order valence-electron chi connectivity index (χ1n) is 9.44. The van der Waals surface area contributed by atoms with Crippen LogP contribution in [0.1, 0.15) is 25.1 Å². The van der Waals surface area contributed by atoms with E-state index in [-0.39, 0.29) is 30.6 Å². The van der Waals surface area contributed by atoms with Gasteiger partial charge in [-0.15, -0.1) is 11.3 Å². The van der Waals surface area contributed by atoms with Gasteiger partial charge in [0.25, 0.3) is 5.56 Å². The fourth-order valence-electron chi connectivity index (χ4n) is 3.50. The van der Waals surface area contributed by atoms with Gasteiger partial charge in [-0.2, -0.15) is 5.26 Å². The van der Waals surface area contributed by atoms with E-state index in [1.165, 1.54) is 15.9 Å². The number of allylic oxidation sites excluding steroid dienone is 2. The molecule has 1 atom stereocenters. The molecule has 0 unspecified atom stereocenters. The van der Waals surface area contributed by atoms with Crippen molar-refractivity contribution in [3.05, 3.63) is 64.0 Å². The first-order chi connectivity index (χ1) is 14.2. The van der Waals surface area contributed by atoms with Crippen LogP contribution in [0.25, 0.3) is 21.3 Å². The smallest absolute Gasteiger partial charge is 0.309 e. The zero-order chi connectivity index (χ0) is 20.2. The van der Waals surface area contributed by atoms with Gasteiger partial charge in [-0.25, -0.2) is 4.98 Å². The van der Waals surface area contributed by atoms with Gasteiger partial charge in [-0.05, 0) is 24.8 Å². The molecule has 6 nitrogen and oxygen atoms in total. The van der Waals surface area contributed by atoms with E-state index in [2.05, 4.69) is 11.1 Å². The number of carbonyl (C=O) groups is 1. The third-order valence-corrected chi connectivity index (χ3v) is 5.90. The number of rotatable bonds is 5. The molecule has 0 N–H and O–H groups in total. The van der Waals surface area contributed by atoms with Gasteiger partial charge in [-0.1, -0.05) is 42.5 Å². The molecule has 2 aromatic heterocycles. The lowest BCUT2D eigenvalue weighted by Crippen LogP contribution is -2.27. The molecular formula is C22H19N3O3S. The summed E-state index contributed by atoms with van der Waals surface area (Å²) in [6.45, 7) is -0.268. The second-order valence-corrected chi connectivity index (χ2v) is 7.72. The van der Waals surface area contributed by atoms with Gasteiger partial charge in [0.2, 0.25) is 0 Å². The molecule has 0 spiro atoms. The number of hydrogen-bond donors (Lipinski definition) is 0. The molecule has 0 aliphatic heterocycles. The van der Waals surface area contributed by atoms with Crippen LogP contribution in [-0.2, 0) is 22.7 Å². The lowest BCUT2D eigenvalue weighted by atomic mass is 9.95. The lowest BCUT2D eigenvalue weighted by Gasteiger charge is -2.17. The van der Waals surface area contributed by atoms with Crippen molar-refractivity contribution >= 4 is 27.5 Å². The van der Waals surface area contributed by atoms with Crippen molar-refractivity contribution in [2.45, 2.75) is 32.4 Å². The summed E-state index contributed by atoms with van der Waals surface area (Å²) in [6, 6.07) is 11.6. The predicted molar refractivity (Wildman–Crippen MR) is 111 cm³/mol. The molecule has 0 fully saturated rings. The normalized spacial score (nSPS) is 15.9. The molecule has 0 saturated carbocycles. The number of fused-ring (bicyclic) bond motifs is 1. The molecule has 1 aromatic carbocycles. The SMILES string of the molecule is N#CCn1c(COC(=O)[C@H]2CC=CCC2)nc2scc(-c3ccccc3)c2c1=O. The standard InChI is InChI=1S/C22H19N3O3S/c23-11-12-25-18(13-28-22(27)16-9-5-2-6-10-16)24-20-19(21(25)26)17(14-29-20)15-7-3-1-4-8-15/h1-5,7-8,14,16H,6,9-10,12-13H2/t16-/m0/s1. The third-order valence-electron chi connectivity index (χ3n) is 5.03. The van der Waals surface area contributed by atoms with Crippen molar-refractivity contribution in [3.8, 4) is 17.2 Å². The molecule has 0 bridgehead atoms. The van der Waals surface area contributed by atoms with Gasteiger partial charge >= 0.3 is 5.97 Å². The Morgan fingerprint density at radius 1 is 1.31 bits per heavy atom. The Morgan fingerprint density at radius 2 is 2.14 bits per heavy atom. The molecule has 7 heteroatoms. The molecule has 3 aromatic rings. The van der Waals surface area contributed by atoms with Crippen LogP contribution in [0.3, 0.4) is 0 Å². The van der Waals surface area contributed by atoms with Gasteiger partial charge in [0.15, 0.2) is 5.82 Å². The quantitative estimate of drug-likeness (QED) is 0.472. The maximum Gasteiger partial charge on any atom is 0.309 e. The third kappa shape index (κ3) is 3.84. The fraction of sp³-hybridized carbons (Fsp3) is 0.273. The number of nitrogens with zero attached hydrogens (tertiary/aromatic N) is 3. The molecule has 146 valence electrons. The van der Waals surface area contributed by atoms with Gasteiger partial charge < -0.3 is 4.74 Å². The number of benzene rings is 1. The number of carbonyl (C=O) groups excluding carboxylic acids is 1. The van der Waals surface area contributed by atoms with Crippen LogP contribution in [-0.4, -0.2) is 15.5 Å². The molecule has 4 rings (SSSR count). The van der Waals surface area contributed by atoms with Crippen molar-refractivity contribution in [1.29, 1.82) is 5.26 Å². The highest BCUT2D eigenvalue weighted by Crippen LogP contribution is 2.31. The molecule has 0 saturated heterocycles. The van der Waals surface area contributed by atoms with Gasteiger partial charge in [0.05, 0.1) is 17.4 Å². The van der Waals surface area contributed by atoms with Crippen LogP contribution >= 0.6 is 11.3 Å². The van der Waals surface area contributed by atoms with Crippen LogP contribution < -0.4 is 5.56 Å². The average Bonchev–Trinajstić information content (AvgIpc) is 3.20. The minimum Gasteiger partial charge on any atom is -0.457 e. The first-order valence-corrected chi connectivity index (χ1v) is 10.3. The van der Waals surface area contributed by atoms with E-state index in [1.807, 2.05) is 47.9 Å². The van der Waals surface area contributed by atoms with Gasteiger partial charge in [-0.3, -0.25) is 14.2 Å². The van der Waals surface area contributed by atoms with Gasteiger partial charge in [0, 0.05) is 10.9 Å². The van der Waals surface area contributed by atoms with Crippen molar-refractivity contribution in [1.82, 2.24) is 9.55 Å². The highest BCUT2D eigenvalue weighted by Gasteiger charge is 2.22. The van der Waals surface area contributed by atoms with Crippen LogP contribution in [0.15, 0.2) is 52.7 Å². The summed E-state index contributed by atoms with van der Waals surface area (Å²) in [5.74, 6) is -0.153. The van der Waals surface area contributed by atoms with E-state index in [1.54, 1.807) is 0 Å². The van der Waals surface area contributed by atoms with E-state index >= 15 is 0 Å². The second-order valence-electron chi connectivity index (χ2n) is 6.86. The number of hydrogen-bond acceptors (Lipinski definition) is 6. The summed E-state index contributed by atoms with van der Waals surface area (Å²) in [6.07, 6.45) is 6.34. The molecule has 29 heavy (non-hydrogen) atoms. The second kappa shape index (κ2) is 8.41. The van der Waals surface area contributed by atoms with Crippen molar-refractivity contribution in [2.75, 3.05) is 0 Å². The Hall–Kier alpha value is -3.24. The number of thiophene rings is 1. The average molecular weight is 405 g/mol. The summed E-state index contributed by atoms with van der Waals surface area (Å²) < 4.78 is 6.75. The highest BCUT2D eigenvalue weighted by atomic mass is 32.1. The molecule has 1 aliphatic carbocycles. The summed E-state index contributed by atoms with van der Waals surface area (Å²) >= 11 is 1.37. The van der Waals surface area contributed by atoms with E-state index in [4.69, 9.17) is 4.74 Å². The summed E-state index contributed by atoms with van der Waals surface area (Å²) in [4.78, 5) is 30.6. The Balaban J connectivity index is 1.68. The molecular weight excluding hydrogens is 386 g/mol. The van der Waals surface area contributed by atoms with E-state index in [0.717, 1.165) is 24.0 Å². The number of aromatic nitrogens is 2. The van der Waals surface area contributed by atoms with Crippen molar-refractivity contribution < 1.29 is 9.53 Å².